The Bertz CT molecular complexity index is 1450. The van der Waals surface area contributed by atoms with E-state index in [4.69, 9.17) is 20.8 Å². The second kappa shape index (κ2) is 9.32. The minimum atomic E-state index is -3.26. The fourth-order valence-corrected chi connectivity index (χ4v) is 6.83. The third-order valence-corrected chi connectivity index (χ3v) is 8.67. The van der Waals surface area contributed by atoms with Crippen molar-refractivity contribution in [1.82, 2.24) is 4.90 Å². The van der Waals surface area contributed by atoms with Gasteiger partial charge in [-0.1, -0.05) is 43.5 Å². The highest BCUT2D eigenvalue weighted by atomic mass is 35.5. The number of unbranched alkanes of at least 4 members (excludes halogenated alkanes) is 2. The van der Waals surface area contributed by atoms with Gasteiger partial charge in [0.05, 0.1) is 35.1 Å². The molecule has 184 valence electrons. The van der Waals surface area contributed by atoms with Crippen molar-refractivity contribution >= 4 is 38.3 Å². The van der Waals surface area contributed by atoms with Crippen LogP contribution >= 0.6 is 11.6 Å². The third kappa shape index (κ3) is 4.45. The summed E-state index contributed by atoms with van der Waals surface area (Å²) in [7, 11) is -3.26. The molecule has 2 aliphatic heterocycles. The topological polar surface area (TPSA) is 93.9 Å². The summed E-state index contributed by atoms with van der Waals surface area (Å²) in [5.74, 6) is 0.0525. The quantitative estimate of drug-likeness (QED) is 0.421. The molecule has 0 aliphatic carbocycles. The first kappa shape index (κ1) is 23.9. The lowest BCUT2D eigenvalue weighted by molar-refractivity contribution is 0.0662. The number of hydrogen-bond acceptors (Lipinski definition) is 6. The molecule has 7 nitrogen and oxygen atoms in total. The summed E-state index contributed by atoms with van der Waals surface area (Å²) < 4.78 is 36.2. The maximum Gasteiger partial charge on any atom is 0.291 e. The van der Waals surface area contributed by atoms with Crippen LogP contribution in [0.4, 0.5) is 0 Å². The molecule has 5 rings (SSSR count). The van der Waals surface area contributed by atoms with Crippen LogP contribution in [0.2, 0.25) is 5.02 Å². The lowest BCUT2D eigenvalue weighted by Crippen LogP contribution is -2.40. The number of carbonyl (C=O) groups is 1. The van der Waals surface area contributed by atoms with E-state index >= 15 is 0 Å². The highest BCUT2D eigenvalue weighted by Gasteiger charge is 2.48. The van der Waals surface area contributed by atoms with Gasteiger partial charge in [-0.2, -0.15) is 0 Å². The van der Waals surface area contributed by atoms with Crippen molar-refractivity contribution in [3.63, 3.8) is 0 Å². The van der Waals surface area contributed by atoms with Gasteiger partial charge in [0.2, 0.25) is 5.76 Å². The molecule has 9 heteroatoms. The Labute approximate surface area is 208 Å². The standard InChI is InChI=1S/C26H26ClNO6S/c1-2-3-4-12-33-19-8-5-16(6-9-19)23-22-24(29)20-14-17(27)7-10-21(20)34-25(22)26(30)28(23)18-11-13-35(31,32)15-18/h5-10,14,18,23H,2-4,11-13,15H2,1H3. The van der Waals surface area contributed by atoms with Crippen LogP contribution in [0, 0.1) is 0 Å². The molecule has 0 N–H and O–H groups in total. The Kier molecular flexibility index (Phi) is 6.36. The van der Waals surface area contributed by atoms with Crippen LogP contribution in [0.5, 0.6) is 5.75 Å². The van der Waals surface area contributed by atoms with E-state index in [1.165, 1.54) is 11.0 Å². The van der Waals surface area contributed by atoms with Crippen LogP contribution in [0.25, 0.3) is 11.0 Å². The Morgan fingerprint density at radius 3 is 2.57 bits per heavy atom. The van der Waals surface area contributed by atoms with E-state index in [0.717, 1.165) is 19.3 Å². The average molecular weight is 516 g/mol. The van der Waals surface area contributed by atoms with Crippen LogP contribution in [-0.4, -0.2) is 43.4 Å². The summed E-state index contributed by atoms with van der Waals surface area (Å²) in [4.78, 5) is 28.7. The van der Waals surface area contributed by atoms with Gasteiger partial charge in [0.15, 0.2) is 15.3 Å². The van der Waals surface area contributed by atoms with Crippen molar-refractivity contribution in [2.24, 2.45) is 0 Å². The van der Waals surface area contributed by atoms with Crippen molar-refractivity contribution < 1.29 is 22.4 Å². The van der Waals surface area contributed by atoms with Gasteiger partial charge >= 0.3 is 0 Å². The predicted octanol–water partition coefficient (Wildman–Crippen LogP) is 4.75. The van der Waals surface area contributed by atoms with Crippen molar-refractivity contribution in [2.45, 2.75) is 44.7 Å². The van der Waals surface area contributed by atoms with E-state index in [2.05, 4.69) is 6.92 Å². The molecular formula is C26H26ClNO6S. The van der Waals surface area contributed by atoms with Gasteiger partial charge in [0.25, 0.3) is 5.91 Å². The molecule has 1 fully saturated rings. The molecule has 1 amide bonds. The molecule has 0 spiro atoms. The molecule has 35 heavy (non-hydrogen) atoms. The van der Waals surface area contributed by atoms with E-state index in [1.54, 1.807) is 12.1 Å². The summed E-state index contributed by atoms with van der Waals surface area (Å²) in [6, 6.07) is 10.6. The van der Waals surface area contributed by atoms with E-state index in [0.29, 0.717) is 29.4 Å². The molecular weight excluding hydrogens is 490 g/mol. The predicted molar refractivity (Wildman–Crippen MR) is 134 cm³/mol. The fourth-order valence-electron chi connectivity index (χ4n) is 4.95. The van der Waals surface area contributed by atoms with Crippen molar-refractivity contribution in [2.75, 3.05) is 18.1 Å². The van der Waals surface area contributed by atoms with Gasteiger partial charge in [-0.25, -0.2) is 8.42 Å². The number of amides is 1. The highest BCUT2D eigenvalue weighted by Crippen LogP contribution is 2.41. The second-order valence-corrected chi connectivity index (χ2v) is 11.8. The zero-order valence-electron chi connectivity index (χ0n) is 19.3. The van der Waals surface area contributed by atoms with Crippen molar-refractivity contribution in [1.29, 1.82) is 0 Å². The highest BCUT2D eigenvalue weighted by molar-refractivity contribution is 7.91. The maximum absolute atomic E-state index is 13.6. The molecule has 0 saturated carbocycles. The molecule has 1 saturated heterocycles. The fraction of sp³-hybridized carbons (Fsp3) is 0.385. The minimum absolute atomic E-state index is 0.00794. The molecule has 3 heterocycles. The largest absolute Gasteiger partial charge is 0.494 e. The number of benzene rings is 2. The first-order valence-electron chi connectivity index (χ1n) is 11.8. The van der Waals surface area contributed by atoms with Gasteiger partial charge in [-0.05, 0) is 48.7 Å². The minimum Gasteiger partial charge on any atom is -0.494 e. The van der Waals surface area contributed by atoms with Gasteiger partial charge in [-0.15, -0.1) is 0 Å². The summed E-state index contributed by atoms with van der Waals surface area (Å²) >= 11 is 6.13. The number of fused-ring (bicyclic) bond motifs is 2. The lowest BCUT2D eigenvalue weighted by atomic mass is 9.97. The third-order valence-electron chi connectivity index (χ3n) is 6.68. The van der Waals surface area contributed by atoms with Crippen LogP contribution in [0.15, 0.2) is 51.7 Å². The maximum atomic E-state index is 13.6. The summed E-state index contributed by atoms with van der Waals surface area (Å²) in [6.45, 7) is 2.74. The monoisotopic (exact) mass is 515 g/mol. The van der Waals surface area contributed by atoms with Crippen LogP contribution in [0.3, 0.4) is 0 Å². The average Bonchev–Trinajstić information content (AvgIpc) is 3.34. The van der Waals surface area contributed by atoms with Crippen LogP contribution in [0.1, 0.15) is 60.3 Å². The first-order valence-corrected chi connectivity index (χ1v) is 14.0. The Morgan fingerprint density at radius 2 is 1.89 bits per heavy atom. The second-order valence-electron chi connectivity index (χ2n) is 9.11. The molecule has 2 aliphatic rings. The van der Waals surface area contributed by atoms with Crippen molar-refractivity contribution in [3.8, 4) is 5.75 Å². The molecule has 0 bridgehead atoms. The zero-order valence-corrected chi connectivity index (χ0v) is 20.9. The molecule has 2 atom stereocenters. The molecule has 1 aromatic heterocycles. The number of carbonyl (C=O) groups excluding carboxylic acids is 1. The van der Waals surface area contributed by atoms with E-state index in [9.17, 15) is 18.0 Å². The Hall–Kier alpha value is -2.84. The summed E-state index contributed by atoms with van der Waals surface area (Å²) in [6.07, 6.45) is 3.47. The number of rotatable bonds is 7. The number of halogens is 1. The van der Waals surface area contributed by atoms with Gasteiger partial charge in [0.1, 0.15) is 11.3 Å². The SMILES string of the molecule is CCCCCOc1ccc(C2c3c(oc4ccc(Cl)cc4c3=O)C(=O)N2C2CCS(=O)(=O)C2)cc1. The zero-order chi connectivity index (χ0) is 24.7. The van der Waals surface area contributed by atoms with Crippen LogP contribution < -0.4 is 10.2 Å². The molecule has 2 unspecified atom stereocenters. The molecule has 0 radical (unpaired) electrons. The molecule has 2 aromatic carbocycles. The van der Waals surface area contributed by atoms with Crippen LogP contribution in [-0.2, 0) is 9.84 Å². The summed E-state index contributed by atoms with van der Waals surface area (Å²) in [5, 5.41) is 0.666. The lowest BCUT2D eigenvalue weighted by Gasteiger charge is -2.30. The number of ether oxygens (including phenoxy) is 1. The summed E-state index contributed by atoms with van der Waals surface area (Å²) in [5.41, 5.74) is 0.828. The number of hydrogen-bond donors (Lipinski definition) is 0. The smallest absolute Gasteiger partial charge is 0.291 e. The molecule has 3 aromatic rings. The number of nitrogens with zero attached hydrogens (tertiary/aromatic N) is 1. The number of sulfone groups is 1. The van der Waals surface area contributed by atoms with Gasteiger partial charge < -0.3 is 14.1 Å². The normalized spacial score (nSPS) is 21.0. The first-order chi connectivity index (χ1) is 16.8. The van der Waals surface area contributed by atoms with Gasteiger partial charge in [-0.3, -0.25) is 9.59 Å². The van der Waals surface area contributed by atoms with Gasteiger partial charge in [0, 0.05) is 11.1 Å². The Balaban J connectivity index is 1.59. The van der Waals surface area contributed by atoms with Crippen molar-refractivity contribution in [3.05, 3.63) is 74.6 Å². The Morgan fingerprint density at radius 1 is 1.11 bits per heavy atom. The van der Waals surface area contributed by atoms with E-state index < -0.39 is 27.8 Å². The van der Waals surface area contributed by atoms with E-state index in [-0.39, 0.29) is 39.2 Å². The van der Waals surface area contributed by atoms with E-state index in [1.807, 2.05) is 24.3 Å².